The Hall–Kier alpha value is -4.07. The second-order valence-corrected chi connectivity index (χ2v) is 6.31. The molecule has 0 aliphatic rings. The molecule has 0 aliphatic carbocycles. The zero-order valence-corrected chi connectivity index (χ0v) is 15.7. The first-order valence-electron chi connectivity index (χ1n) is 8.96. The summed E-state index contributed by atoms with van der Waals surface area (Å²) in [5.41, 5.74) is 2.07. The molecule has 0 bridgehead atoms. The van der Waals surface area contributed by atoms with Crippen LogP contribution in [0.2, 0.25) is 0 Å². The lowest BCUT2D eigenvalue weighted by Crippen LogP contribution is -2.26. The lowest BCUT2D eigenvalue weighted by molar-refractivity contribution is 0.0772. The van der Waals surface area contributed by atoms with E-state index in [2.05, 4.69) is 25.5 Å². The number of hydrogen-bond donors (Lipinski definition) is 1. The van der Waals surface area contributed by atoms with Crippen molar-refractivity contribution >= 4 is 17.5 Å². The van der Waals surface area contributed by atoms with E-state index in [0.717, 1.165) is 11.3 Å². The first-order chi connectivity index (χ1) is 14.2. The molecule has 8 nitrogen and oxygen atoms in total. The minimum atomic E-state index is -0.240. The van der Waals surface area contributed by atoms with Gasteiger partial charge in [-0.3, -0.25) is 4.79 Å². The summed E-state index contributed by atoms with van der Waals surface area (Å²) in [6.45, 7) is 0.183. The number of carbonyl (C=O) groups is 1. The van der Waals surface area contributed by atoms with Crippen molar-refractivity contribution in [2.24, 2.45) is 0 Å². The predicted octanol–water partition coefficient (Wildman–Crippen LogP) is 3.54. The quantitative estimate of drug-likeness (QED) is 0.541. The smallest absolute Gasteiger partial charge is 0.257 e. The van der Waals surface area contributed by atoms with Crippen LogP contribution in [0.5, 0.6) is 0 Å². The molecule has 0 saturated heterocycles. The van der Waals surface area contributed by atoms with Crippen LogP contribution in [0.1, 0.15) is 16.2 Å². The largest absolute Gasteiger partial charge is 0.419 e. The zero-order valence-electron chi connectivity index (χ0n) is 15.7. The Kier molecular flexibility index (Phi) is 5.24. The molecule has 0 aliphatic heterocycles. The van der Waals surface area contributed by atoms with Crippen LogP contribution in [0, 0.1) is 0 Å². The van der Waals surface area contributed by atoms with E-state index in [0.29, 0.717) is 23.3 Å². The number of anilines is 2. The van der Waals surface area contributed by atoms with Crippen molar-refractivity contribution in [2.75, 3.05) is 12.4 Å². The highest BCUT2D eigenvalue weighted by atomic mass is 16.4. The van der Waals surface area contributed by atoms with Crippen LogP contribution in [0.4, 0.5) is 11.6 Å². The molecule has 1 amide bonds. The van der Waals surface area contributed by atoms with Gasteiger partial charge in [-0.05, 0) is 24.3 Å². The molecule has 0 unspecified atom stereocenters. The molecule has 2 aromatic heterocycles. The second kappa shape index (κ2) is 8.30. The van der Waals surface area contributed by atoms with E-state index in [1.807, 2.05) is 60.7 Å². The van der Waals surface area contributed by atoms with E-state index < -0.39 is 0 Å². The fraction of sp³-hybridized carbons (Fsp3) is 0.0952. The van der Waals surface area contributed by atoms with Crippen molar-refractivity contribution in [3.8, 4) is 11.5 Å². The highest BCUT2D eigenvalue weighted by Crippen LogP contribution is 2.18. The summed E-state index contributed by atoms with van der Waals surface area (Å²) in [7, 11) is 1.66. The number of para-hydroxylation sites is 1. The van der Waals surface area contributed by atoms with Crippen molar-refractivity contribution in [2.45, 2.75) is 6.54 Å². The van der Waals surface area contributed by atoms with Gasteiger partial charge >= 0.3 is 0 Å². The lowest BCUT2D eigenvalue weighted by Gasteiger charge is -2.14. The van der Waals surface area contributed by atoms with Crippen molar-refractivity contribution in [3.63, 3.8) is 0 Å². The van der Waals surface area contributed by atoms with Gasteiger partial charge in [-0.15, -0.1) is 10.2 Å². The van der Waals surface area contributed by atoms with Gasteiger partial charge in [0.15, 0.2) is 0 Å². The minimum Gasteiger partial charge on any atom is -0.419 e. The van der Waals surface area contributed by atoms with Crippen LogP contribution < -0.4 is 5.32 Å². The van der Waals surface area contributed by atoms with E-state index in [1.165, 1.54) is 17.3 Å². The fourth-order valence-electron chi connectivity index (χ4n) is 2.66. The molecular formula is C21H18N6O2. The second-order valence-electron chi connectivity index (χ2n) is 6.31. The van der Waals surface area contributed by atoms with E-state index in [-0.39, 0.29) is 12.5 Å². The Bertz CT molecular complexity index is 1080. The summed E-state index contributed by atoms with van der Waals surface area (Å²) in [6, 6.07) is 19.0. The molecule has 0 saturated carbocycles. The number of aromatic nitrogens is 4. The molecule has 1 N–H and O–H groups in total. The number of rotatable bonds is 6. The normalized spacial score (nSPS) is 10.5. The SMILES string of the molecule is CN(Cc1nnc(-c2ccccc2)o1)C(=O)c1cnc(Nc2ccccc2)nc1. The molecule has 29 heavy (non-hydrogen) atoms. The standard InChI is InChI=1S/C21H18N6O2/c1-27(14-18-25-26-19(29-18)15-8-4-2-5-9-15)20(28)16-12-22-21(23-13-16)24-17-10-6-3-7-11-17/h2-13H,14H2,1H3,(H,22,23,24). The number of hydrogen-bond acceptors (Lipinski definition) is 7. The van der Waals surface area contributed by atoms with Crippen molar-refractivity contribution in [1.82, 2.24) is 25.1 Å². The average Bonchev–Trinajstić information content (AvgIpc) is 3.23. The monoisotopic (exact) mass is 386 g/mol. The van der Waals surface area contributed by atoms with Gasteiger partial charge in [-0.25, -0.2) is 9.97 Å². The molecule has 144 valence electrons. The third-order valence-electron chi connectivity index (χ3n) is 4.14. The third-order valence-corrected chi connectivity index (χ3v) is 4.14. The van der Waals surface area contributed by atoms with Crippen LogP contribution in [-0.2, 0) is 6.54 Å². The number of amides is 1. The van der Waals surface area contributed by atoms with Gasteiger partial charge in [0.1, 0.15) is 0 Å². The number of nitrogens with zero attached hydrogens (tertiary/aromatic N) is 5. The van der Waals surface area contributed by atoms with Crippen LogP contribution in [0.3, 0.4) is 0 Å². The third kappa shape index (κ3) is 4.44. The summed E-state index contributed by atoms with van der Waals surface area (Å²) in [5, 5.41) is 11.1. The van der Waals surface area contributed by atoms with E-state index in [1.54, 1.807) is 7.05 Å². The van der Waals surface area contributed by atoms with Crippen molar-refractivity contribution < 1.29 is 9.21 Å². The molecule has 4 rings (SSSR count). The molecule has 0 fully saturated rings. The average molecular weight is 386 g/mol. The minimum absolute atomic E-state index is 0.183. The number of nitrogens with one attached hydrogen (secondary N) is 1. The summed E-state index contributed by atoms with van der Waals surface area (Å²) in [6.07, 6.45) is 2.97. The van der Waals surface area contributed by atoms with Gasteiger partial charge in [-0.1, -0.05) is 36.4 Å². The molecule has 4 aromatic rings. The molecule has 0 spiro atoms. The number of benzene rings is 2. The Balaban J connectivity index is 1.40. The zero-order chi connectivity index (χ0) is 20.1. The molecule has 8 heteroatoms. The topological polar surface area (TPSA) is 97.0 Å². The van der Waals surface area contributed by atoms with Crippen molar-refractivity contribution in [3.05, 3.63) is 84.5 Å². The van der Waals surface area contributed by atoms with Crippen LogP contribution in [0.15, 0.2) is 77.5 Å². The summed E-state index contributed by atoms with van der Waals surface area (Å²) < 4.78 is 5.65. The maximum atomic E-state index is 12.6. The van der Waals surface area contributed by atoms with Gasteiger partial charge in [0.05, 0.1) is 12.1 Å². The molecule has 0 radical (unpaired) electrons. The van der Waals surface area contributed by atoms with Crippen LogP contribution in [-0.4, -0.2) is 38.0 Å². The Morgan fingerprint density at radius 1 is 0.966 bits per heavy atom. The van der Waals surface area contributed by atoms with Crippen molar-refractivity contribution in [1.29, 1.82) is 0 Å². The molecule has 0 atom stereocenters. The summed E-state index contributed by atoms with van der Waals surface area (Å²) in [5.74, 6) is 0.944. The first kappa shape index (κ1) is 18.3. The summed E-state index contributed by atoms with van der Waals surface area (Å²) in [4.78, 5) is 22.5. The van der Waals surface area contributed by atoms with Crippen LogP contribution >= 0.6 is 0 Å². The Labute approximate surface area is 167 Å². The Morgan fingerprint density at radius 3 is 2.31 bits per heavy atom. The van der Waals surface area contributed by atoms with Crippen LogP contribution in [0.25, 0.3) is 11.5 Å². The van der Waals surface area contributed by atoms with Gasteiger partial charge in [-0.2, -0.15) is 0 Å². The van der Waals surface area contributed by atoms with E-state index in [4.69, 9.17) is 4.42 Å². The van der Waals surface area contributed by atoms with Gasteiger partial charge in [0.25, 0.3) is 5.91 Å². The molecule has 2 heterocycles. The van der Waals surface area contributed by atoms with Gasteiger partial charge < -0.3 is 14.6 Å². The van der Waals surface area contributed by atoms with Gasteiger partial charge in [0.2, 0.25) is 17.7 Å². The maximum Gasteiger partial charge on any atom is 0.257 e. The molecular weight excluding hydrogens is 368 g/mol. The highest BCUT2D eigenvalue weighted by molar-refractivity contribution is 5.93. The maximum absolute atomic E-state index is 12.6. The van der Waals surface area contributed by atoms with Gasteiger partial charge in [0, 0.05) is 30.7 Å². The molecule has 2 aromatic carbocycles. The van der Waals surface area contributed by atoms with E-state index in [9.17, 15) is 4.79 Å². The fourth-order valence-corrected chi connectivity index (χ4v) is 2.66. The van der Waals surface area contributed by atoms with E-state index >= 15 is 0 Å². The predicted molar refractivity (Wildman–Crippen MR) is 107 cm³/mol. The first-order valence-corrected chi connectivity index (χ1v) is 8.96. The Morgan fingerprint density at radius 2 is 1.62 bits per heavy atom. The number of carbonyl (C=O) groups excluding carboxylic acids is 1. The highest BCUT2D eigenvalue weighted by Gasteiger charge is 2.17. The lowest BCUT2D eigenvalue weighted by atomic mass is 10.2. The summed E-state index contributed by atoms with van der Waals surface area (Å²) >= 11 is 0.